The van der Waals surface area contributed by atoms with Gasteiger partial charge in [0.1, 0.15) is 5.25 Å². The largest absolute Gasteiger partial charge is 0.480 e. The lowest BCUT2D eigenvalue weighted by Gasteiger charge is -2.18. The minimum absolute atomic E-state index is 0.0948. The molecule has 2 N–H and O–H groups in total. The van der Waals surface area contributed by atoms with Crippen LogP contribution in [0.15, 0.2) is 29.2 Å². The highest BCUT2D eigenvalue weighted by molar-refractivity contribution is 8.00. The lowest BCUT2D eigenvalue weighted by molar-refractivity contribution is -0.136. The van der Waals surface area contributed by atoms with Crippen molar-refractivity contribution in [3.63, 3.8) is 0 Å². The molecule has 0 heterocycles. The number of aliphatic carboxylic acids is 1. The van der Waals surface area contributed by atoms with E-state index < -0.39 is 11.2 Å². The van der Waals surface area contributed by atoms with Gasteiger partial charge in [0.15, 0.2) is 0 Å². The second-order valence-corrected chi connectivity index (χ2v) is 7.10. The second-order valence-electron chi connectivity index (χ2n) is 5.72. The Morgan fingerprint density at radius 2 is 1.86 bits per heavy atom. The maximum Gasteiger partial charge on any atom is 0.316 e. The summed E-state index contributed by atoms with van der Waals surface area (Å²) in [7, 11) is 0. The van der Waals surface area contributed by atoms with Crippen molar-refractivity contribution in [3.8, 4) is 0 Å². The average molecular weight is 323 g/mol. The number of amides is 1. The molecule has 0 radical (unpaired) electrons. The van der Waals surface area contributed by atoms with E-state index in [1.807, 2.05) is 13.0 Å². The van der Waals surface area contributed by atoms with Crippen molar-refractivity contribution in [1.29, 1.82) is 0 Å². The van der Waals surface area contributed by atoms with Gasteiger partial charge in [-0.05, 0) is 38.3 Å². The monoisotopic (exact) mass is 323 g/mol. The minimum Gasteiger partial charge on any atom is -0.480 e. The Morgan fingerprint density at radius 3 is 2.45 bits per heavy atom. The van der Waals surface area contributed by atoms with Gasteiger partial charge in [0.2, 0.25) is 0 Å². The van der Waals surface area contributed by atoms with Gasteiger partial charge in [0.05, 0.1) is 5.56 Å². The van der Waals surface area contributed by atoms with Gasteiger partial charge in [0, 0.05) is 10.9 Å². The van der Waals surface area contributed by atoms with Crippen LogP contribution in [0.1, 0.15) is 50.9 Å². The van der Waals surface area contributed by atoms with Crippen LogP contribution in [-0.2, 0) is 4.79 Å². The molecule has 3 unspecified atom stereocenters. The maximum atomic E-state index is 12.4. The second kappa shape index (κ2) is 8.83. The first-order valence-electron chi connectivity index (χ1n) is 7.64. The molecule has 22 heavy (non-hydrogen) atoms. The number of carboxylic acids is 1. The summed E-state index contributed by atoms with van der Waals surface area (Å²) in [5.41, 5.74) is 0.539. The fraction of sp³-hybridized carbons (Fsp3) is 0.529. The highest BCUT2D eigenvalue weighted by Gasteiger charge is 2.19. The van der Waals surface area contributed by atoms with Gasteiger partial charge < -0.3 is 10.4 Å². The molecule has 1 aromatic carbocycles. The summed E-state index contributed by atoms with van der Waals surface area (Å²) in [5, 5.41) is 11.4. The number of benzene rings is 1. The van der Waals surface area contributed by atoms with Gasteiger partial charge >= 0.3 is 5.97 Å². The van der Waals surface area contributed by atoms with Gasteiger partial charge in [-0.15, -0.1) is 11.8 Å². The Bertz CT molecular complexity index is 518. The van der Waals surface area contributed by atoms with E-state index in [0.717, 1.165) is 12.8 Å². The molecular formula is C17H25NO3S. The molecule has 5 heteroatoms. The molecule has 0 aliphatic heterocycles. The zero-order chi connectivity index (χ0) is 16.7. The lowest BCUT2D eigenvalue weighted by Crippen LogP contribution is -2.34. The molecule has 0 spiro atoms. The zero-order valence-electron chi connectivity index (χ0n) is 13.6. The fourth-order valence-electron chi connectivity index (χ4n) is 2.13. The molecular weight excluding hydrogens is 298 g/mol. The van der Waals surface area contributed by atoms with Crippen molar-refractivity contribution in [3.05, 3.63) is 29.8 Å². The van der Waals surface area contributed by atoms with E-state index in [4.69, 9.17) is 5.11 Å². The topological polar surface area (TPSA) is 66.4 Å². The van der Waals surface area contributed by atoms with Crippen LogP contribution in [0.2, 0.25) is 0 Å². The molecule has 0 aliphatic carbocycles. The summed E-state index contributed by atoms with van der Waals surface area (Å²) in [6.45, 7) is 7.92. The maximum absolute atomic E-state index is 12.4. The van der Waals surface area contributed by atoms with Crippen molar-refractivity contribution < 1.29 is 14.7 Å². The number of thioether (sulfide) groups is 1. The standard InChI is InChI=1S/C17H25NO3S/c1-5-11(2)10-12(3)18-16(19)14-8-6-7-9-15(14)22-13(4)17(20)21/h6-9,11-13H,5,10H2,1-4H3,(H,18,19)(H,20,21). The summed E-state index contributed by atoms with van der Waals surface area (Å²) < 4.78 is 0. The number of carboxylic acid groups (broad SMARTS) is 1. The molecule has 1 amide bonds. The molecule has 3 atom stereocenters. The van der Waals surface area contributed by atoms with Crippen molar-refractivity contribution in [2.24, 2.45) is 5.92 Å². The summed E-state index contributed by atoms with van der Waals surface area (Å²) in [6, 6.07) is 7.23. The number of hydrogen-bond acceptors (Lipinski definition) is 3. The van der Waals surface area contributed by atoms with Gasteiger partial charge in [-0.3, -0.25) is 9.59 Å². The van der Waals surface area contributed by atoms with Gasteiger partial charge in [0.25, 0.3) is 5.91 Å². The molecule has 1 rings (SSSR count). The average Bonchev–Trinajstić information content (AvgIpc) is 2.47. The van der Waals surface area contributed by atoms with Crippen LogP contribution in [0.25, 0.3) is 0 Å². The Hall–Kier alpha value is -1.49. The molecule has 4 nitrogen and oxygen atoms in total. The molecule has 1 aromatic rings. The van der Waals surface area contributed by atoms with Crippen LogP contribution in [0.5, 0.6) is 0 Å². The van der Waals surface area contributed by atoms with Crippen LogP contribution in [-0.4, -0.2) is 28.3 Å². The van der Waals surface area contributed by atoms with Gasteiger partial charge in [-0.1, -0.05) is 32.4 Å². The van der Waals surface area contributed by atoms with Gasteiger partial charge in [-0.2, -0.15) is 0 Å². The highest BCUT2D eigenvalue weighted by Crippen LogP contribution is 2.27. The van der Waals surface area contributed by atoms with Crippen LogP contribution >= 0.6 is 11.8 Å². The van der Waals surface area contributed by atoms with Gasteiger partial charge in [-0.25, -0.2) is 0 Å². The smallest absolute Gasteiger partial charge is 0.316 e. The third kappa shape index (κ3) is 5.72. The first-order valence-corrected chi connectivity index (χ1v) is 8.52. The number of carbonyl (C=O) groups is 2. The van der Waals surface area contributed by atoms with E-state index in [-0.39, 0.29) is 11.9 Å². The predicted molar refractivity (Wildman–Crippen MR) is 90.4 cm³/mol. The van der Waals surface area contributed by atoms with E-state index >= 15 is 0 Å². The van der Waals surface area contributed by atoms with Crippen molar-refractivity contribution in [2.75, 3.05) is 0 Å². The minimum atomic E-state index is -0.884. The van der Waals surface area contributed by atoms with Crippen molar-refractivity contribution in [1.82, 2.24) is 5.32 Å². The Morgan fingerprint density at radius 1 is 1.23 bits per heavy atom. The Kier molecular flexibility index (Phi) is 7.45. The van der Waals surface area contributed by atoms with Crippen LogP contribution in [0.4, 0.5) is 0 Å². The van der Waals surface area contributed by atoms with Crippen LogP contribution in [0, 0.1) is 5.92 Å². The summed E-state index contributed by atoms with van der Waals surface area (Å²) in [6.07, 6.45) is 2.02. The summed E-state index contributed by atoms with van der Waals surface area (Å²) >= 11 is 1.19. The van der Waals surface area contributed by atoms with Crippen molar-refractivity contribution >= 4 is 23.6 Å². The number of rotatable bonds is 8. The first kappa shape index (κ1) is 18.6. The molecule has 0 fully saturated rings. The molecule has 0 aliphatic rings. The Labute approximate surface area is 136 Å². The lowest BCUT2D eigenvalue weighted by atomic mass is 10.00. The predicted octanol–water partition coefficient (Wildman–Crippen LogP) is 3.81. The van der Waals surface area contributed by atoms with Crippen molar-refractivity contribution in [2.45, 2.75) is 56.7 Å². The molecule has 0 saturated carbocycles. The Balaban J connectivity index is 2.79. The molecule has 0 aromatic heterocycles. The third-order valence-electron chi connectivity index (χ3n) is 3.61. The highest BCUT2D eigenvalue weighted by atomic mass is 32.2. The van der Waals surface area contributed by atoms with Crippen LogP contribution in [0.3, 0.4) is 0 Å². The number of carbonyl (C=O) groups excluding carboxylic acids is 1. The summed E-state index contributed by atoms with van der Waals surface area (Å²) in [4.78, 5) is 24.1. The van der Waals surface area contributed by atoms with E-state index in [1.54, 1.807) is 25.1 Å². The zero-order valence-corrected chi connectivity index (χ0v) is 14.4. The van der Waals surface area contributed by atoms with E-state index in [9.17, 15) is 9.59 Å². The molecule has 122 valence electrons. The fourth-order valence-corrected chi connectivity index (χ4v) is 3.06. The first-order chi connectivity index (χ1) is 10.3. The van der Waals surface area contributed by atoms with E-state index in [2.05, 4.69) is 19.2 Å². The SMILES string of the molecule is CCC(C)CC(C)NC(=O)c1ccccc1SC(C)C(=O)O. The number of nitrogens with one attached hydrogen (secondary N) is 1. The quantitative estimate of drug-likeness (QED) is 0.714. The third-order valence-corrected chi connectivity index (χ3v) is 4.78. The normalized spacial score (nSPS) is 14.9. The van der Waals surface area contributed by atoms with E-state index in [1.165, 1.54) is 11.8 Å². The number of hydrogen-bond donors (Lipinski definition) is 2. The molecule has 0 bridgehead atoms. The summed E-state index contributed by atoms with van der Waals surface area (Å²) in [5.74, 6) is -0.464. The molecule has 0 saturated heterocycles. The van der Waals surface area contributed by atoms with E-state index in [0.29, 0.717) is 16.4 Å². The van der Waals surface area contributed by atoms with Crippen LogP contribution < -0.4 is 5.32 Å².